The van der Waals surface area contributed by atoms with Crippen LogP contribution < -0.4 is 0 Å². The van der Waals surface area contributed by atoms with Crippen molar-refractivity contribution in [2.75, 3.05) is 46.4 Å². The first-order valence-corrected chi connectivity index (χ1v) is 7.34. The van der Waals surface area contributed by atoms with Gasteiger partial charge in [0.05, 0.1) is 18.8 Å². The minimum Gasteiger partial charge on any atom is -0.389 e. The summed E-state index contributed by atoms with van der Waals surface area (Å²) in [5.41, 5.74) is -0.562. The second-order valence-corrected chi connectivity index (χ2v) is 5.87. The van der Waals surface area contributed by atoms with Crippen LogP contribution in [0, 0.1) is 0 Å². The lowest BCUT2D eigenvalue weighted by atomic mass is 9.84. The minimum absolute atomic E-state index is 0.155. The lowest BCUT2D eigenvalue weighted by Crippen LogP contribution is -2.55. The van der Waals surface area contributed by atoms with Crippen LogP contribution >= 0.6 is 0 Å². The number of piperazine rings is 1. The molecule has 1 aliphatic heterocycles. The van der Waals surface area contributed by atoms with Gasteiger partial charge in [-0.3, -0.25) is 9.69 Å². The van der Waals surface area contributed by atoms with Crippen molar-refractivity contribution in [3.63, 3.8) is 0 Å². The highest BCUT2D eigenvalue weighted by atomic mass is 16.5. The molecule has 2 aliphatic rings. The van der Waals surface area contributed by atoms with Crippen LogP contribution in [0.1, 0.15) is 32.1 Å². The average Bonchev–Trinajstić information content (AvgIpc) is 2.38. The molecule has 2 rings (SSSR count). The maximum Gasteiger partial charge on any atom is 0.236 e. The largest absolute Gasteiger partial charge is 0.389 e. The summed E-state index contributed by atoms with van der Waals surface area (Å²) in [5, 5.41) is 10.5. The average molecular weight is 270 g/mol. The van der Waals surface area contributed by atoms with Crippen molar-refractivity contribution >= 4 is 5.91 Å². The van der Waals surface area contributed by atoms with Crippen molar-refractivity contribution in [3.8, 4) is 0 Å². The third-order valence-corrected chi connectivity index (χ3v) is 4.27. The molecule has 1 aliphatic carbocycles. The number of methoxy groups -OCH3 is 1. The number of β-amino-alcohol motifs (C(OH)–C–C–N with tert-alkyl or cyclic N) is 1. The molecule has 5 nitrogen and oxygen atoms in total. The summed E-state index contributed by atoms with van der Waals surface area (Å²) in [6.45, 7) is 3.96. The van der Waals surface area contributed by atoms with E-state index in [1.165, 1.54) is 6.42 Å². The van der Waals surface area contributed by atoms with Crippen LogP contribution in [-0.2, 0) is 9.53 Å². The fourth-order valence-electron chi connectivity index (χ4n) is 3.11. The monoisotopic (exact) mass is 270 g/mol. The Morgan fingerprint density at radius 1 is 1.26 bits per heavy atom. The zero-order valence-corrected chi connectivity index (χ0v) is 11.9. The first-order valence-electron chi connectivity index (χ1n) is 7.34. The number of hydrogen-bond donors (Lipinski definition) is 1. The molecule has 0 radical (unpaired) electrons. The van der Waals surface area contributed by atoms with Crippen LogP contribution in [0.15, 0.2) is 0 Å². The number of aliphatic hydroxyl groups is 1. The molecule has 0 atom stereocenters. The summed E-state index contributed by atoms with van der Waals surface area (Å²) in [4.78, 5) is 16.0. The molecule has 0 bridgehead atoms. The highest BCUT2D eigenvalue weighted by molar-refractivity contribution is 5.79. The topological polar surface area (TPSA) is 53.0 Å². The van der Waals surface area contributed by atoms with Crippen LogP contribution in [0.5, 0.6) is 0 Å². The normalized spacial score (nSPS) is 24.7. The van der Waals surface area contributed by atoms with Gasteiger partial charge in [0.25, 0.3) is 0 Å². The summed E-state index contributed by atoms with van der Waals surface area (Å²) in [5.74, 6) is 0.155. The fraction of sp³-hybridized carbons (Fsp3) is 0.929. The Hall–Kier alpha value is -0.650. The summed E-state index contributed by atoms with van der Waals surface area (Å²) < 4.78 is 5.01. The zero-order chi connectivity index (χ0) is 13.7. The summed E-state index contributed by atoms with van der Waals surface area (Å²) >= 11 is 0. The molecule has 5 heteroatoms. The summed E-state index contributed by atoms with van der Waals surface area (Å²) in [6.07, 6.45) is 5.21. The Kier molecular flexibility index (Phi) is 5.19. The van der Waals surface area contributed by atoms with Gasteiger partial charge < -0.3 is 14.7 Å². The van der Waals surface area contributed by atoms with Crippen LogP contribution in [0.2, 0.25) is 0 Å². The molecule has 0 spiro atoms. The van der Waals surface area contributed by atoms with Gasteiger partial charge in [-0.05, 0) is 12.8 Å². The van der Waals surface area contributed by atoms with E-state index in [0.29, 0.717) is 26.2 Å². The Morgan fingerprint density at radius 3 is 2.63 bits per heavy atom. The first kappa shape index (κ1) is 14.8. The smallest absolute Gasteiger partial charge is 0.236 e. The minimum atomic E-state index is -0.562. The van der Waals surface area contributed by atoms with Crippen LogP contribution in [0.4, 0.5) is 0 Å². The van der Waals surface area contributed by atoms with E-state index in [1.54, 1.807) is 7.11 Å². The van der Waals surface area contributed by atoms with Crippen molar-refractivity contribution in [2.24, 2.45) is 0 Å². The Balaban J connectivity index is 1.79. The van der Waals surface area contributed by atoms with E-state index in [-0.39, 0.29) is 5.91 Å². The lowest BCUT2D eigenvalue weighted by Gasteiger charge is -2.40. The molecule has 1 heterocycles. The van der Waals surface area contributed by atoms with E-state index < -0.39 is 5.60 Å². The van der Waals surface area contributed by atoms with Gasteiger partial charge in [-0.25, -0.2) is 0 Å². The number of hydrogen-bond acceptors (Lipinski definition) is 4. The van der Waals surface area contributed by atoms with Gasteiger partial charge in [-0.1, -0.05) is 19.3 Å². The van der Waals surface area contributed by atoms with Gasteiger partial charge in [0.15, 0.2) is 0 Å². The fourth-order valence-corrected chi connectivity index (χ4v) is 3.11. The van der Waals surface area contributed by atoms with Crippen molar-refractivity contribution in [1.29, 1.82) is 0 Å². The molecule has 1 saturated carbocycles. The number of rotatable bonds is 5. The number of ether oxygens (including phenoxy) is 1. The van der Waals surface area contributed by atoms with Gasteiger partial charge in [0.2, 0.25) is 5.91 Å². The molecule has 110 valence electrons. The summed E-state index contributed by atoms with van der Waals surface area (Å²) in [7, 11) is 1.65. The maximum absolute atomic E-state index is 12.0. The van der Waals surface area contributed by atoms with E-state index in [4.69, 9.17) is 4.74 Å². The highest BCUT2D eigenvalue weighted by Gasteiger charge is 2.34. The molecule has 1 N–H and O–H groups in total. The second kappa shape index (κ2) is 6.68. The van der Waals surface area contributed by atoms with Crippen molar-refractivity contribution in [2.45, 2.75) is 37.7 Å². The molecule has 0 aromatic rings. The van der Waals surface area contributed by atoms with Gasteiger partial charge in [0.1, 0.15) is 0 Å². The number of nitrogens with zero attached hydrogens (tertiary/aromatic N) is 2. The van der Waals surface area contributed by atoms with Crippen LogP contribution in [0.3, 0.4) is 0 Å². The Labute approximate surface area is 115 Å². The summed E-state index contributed by atoms with van der Waals surface area (Å²) in [6, 6.07) is 0. The van der Waals surface area contributed by atoms with E-state index in [2.05, 4.69) is 4.90 Å². The number of amides is 1. The molecule has 1 saturated heterocycles. The van der Waals surface area contributed by atoms with Crippen molar-refractivity contribution in [3.05, 3.63) is 0 Å². The quantitative estimate of drug-likeness (QED) is 0.789. The van der Waals surface area contributed by atoms with Crippen molar-refractivity contribution in [1.82, 2.24) is 9.80 Å². The van der Waals surface area contributed by atoms with E-state index in [1.807, 2.05) is 4.90 Å². The van der Waals surface area contributed by atoms with Gasteiger partial charge in [-0.15, -0.1) is 0 Å². The lowest BCUT2D eigenvalue weighted by molar-refractivity contribution is -0.138. The van der Waals surface area contributed by atoms with E-state index >= 15 is 0 Å². The van der Waals surface area contributed by atoms with Crippen LogP contribution in [-0.4, -0.2) is 72.9 Å². The van der Waals surface area contributed by atoms with Crippen molar-refractivity contribution < 1.29 is 14.6 Å². The predicted octanol–water partition coefficient (Wildman–Crippen LogP) is 0.472. The SMILES string of the molecule is COCCN1CCN(CC2(O)CCCCC2)CC1=O. The van der Waals surface area contributed by atoms with Gasteiger partial charge in [-0.2, -0.15) is 0 Å². The maximum atomic E-state index is 12.0. The number of carbonyl (C=O) groups excluding carboxylic acids is 1. The second-order valence-electron chi connectivity index (χ2n) is 5.87. The third kappa shape index (κ3) is 4.16. The first-order chi connectivity index (χ1) is 9.13. The number of carbonyl (C=O) groups is 1. The molecule has 19 heavy (non-hydrogen) atoms. The standard InChI is InChI=1S/C14H26N2O3/c1-19-10-9-16-8-7-15(11-13(16)17)12-14(18)5-3-2-4-6-14/h18H,2-12H2,1H3. The Bertz CT molecular complexity index is 303. The Morgan fingerprint density at radius 2 is 2.00 bits per heavy atom. The predicted molar refractivity (Wildman–Crippen MR) is 72.9 cm³/mol. The third-order valence-electron chi connectivity index (χ3n) is 4.27. The molecular formula is C14H26N2O3. The van der Waals surface area contributed by atoms with Gasteiger partial charge in [0, 0.05) is 33.3 Å². The molecule has 0 aromatic heterocycles. The molecule has 0 aromatic carbocycles. The van der Waals surface area contributed by atoms with Gasteiger partial charge >= 0.3 is 0 Å². The molecule has 2 fully saturated rings. The zero-order valence-electron chi connectivity index (χ0n) is 11.9. The molecule has 1 amide bonds. The van der Waals surface area contributed by atoms with E-state index in [0.717, 1.165) is 38.8 Å². The molecule has 0 unspecified atom stereocenters. The molecular weight excluding hydrogens is 244 g/mol. The highest BCUT2D eigenvalue weighted by Crippen LogP contribution is 2.29. The van der Waals surface area contributed by atoms with Crippen LogP contribution in [0.25, 0.3) is 0 Å². The van der Waals surface area contributed by atoms with E-state index in [9.17, 15) is 9.90 Å².